The number of hydrogen-bond donors (Lipinski definition) is 1. The normalized spacial score (nSPS) is 19.1. The summed E-state index contributed by atoms with van der Waals surface area (Å²) in [5, 5.41) is 3.62. The molecule has 1 aliphatic rings. The number of ether oxygens (including phenoxy) is 1. The number of methoxy groups -OCH3 is 1. The third kappa shape index (κ3) is 3.61. The highest BCUT2D eigenvalue weighted by Crippen LogP contribution is 2.44. The van der Waals surface area contributed by atoms with Gasteiger partial charge in [-0.1, -0.05) is 41.3 Å². The number of fused-ring (bicyclic) bond motifs is 1. The first kappa shape index (κ1) is 20.2. The van der Waals surface area contributed by atoms with E-state index < -0.39 is 0 Å². The quantitative estimate of drug-likeness (QED) is 0.448. The molecule has 0 saturated carbocycles. The molecule has 4 rings (SSSR count). The third-order valence-corrected chi connectivity index (χ3v) is 10.4. The molecule has 0 bridgehead atoms. The van der Waals surface area contributed by atoms with Gasteiger partial charge in [-0.25, -0.2) is 0 Å². The minimum Gasteiger partial charge on any atom is -0.380 e. The Morgan fingerprint density at radius 2 is 2.32 bits per heavy atom. The van der Waals surface area contributed by atoms with E-state index in [1.54, 1.807) is 18.4 Å². The summed E-state index contributed by atoms with van der Waals surface area (Å²) in [5.41, 5.74) is 3.57. The summed E-state index contributed by atoms with van der Waals surface area (Å²) in [6, 6.07) is 6.51. The molecule has 4 heterocycles. The van der Waals surface area contributed by atoms with Crippen molar-refractivity contribution in [2.45, 2.75) is 35.8 Å². The lowest BCUT2D eigenvalue weighted by Crippen LogP contribution is -2.25. The van der Waals surface area contributed by atoms with Gasteiger partial charge in [0.15, 0.2) is 0 Å². The van der Waals surface area contributed by atoms with Crippen molar-refractivity contribution >= 4 is 71.9 Å². The van der Waals surface area contributed by atoms with E-state index in [1.807, 2.05) is 23.1 Å². The minimum atomic E-state index is -0.213. The number of nitrogens with one attached hydrogen (secondary N) is 1. The van der Waals surface area contributed by atoms with Crippen LogP contribution in [0.3, 0.4) is 0 Å². The highest BCUT2D eigenvalue weighted by Gasteiger charge is 2.29. The lowest BCUT2D eigenvalue weighted by molar-refractivity contribution is 0.0996. The zero-order valence-electron chi connectivity index (χ0n) is 16.5. The number of thiophene rings is 2. The van der Waals surface area contributed by atoms with E-state index in [1.165, 1.54) is 25.0 Å². The van der Waals surface area contributed by atoms with Gasteiger partial charge in [-0.2, -0.15) is 0 Å². The molecule has 0 aliphatic carbocycles. The molecule has 0 radical (unpaired) electrons. The number of aliphatic imine (C=N–C) groups is 1. The molecule has 0 saturated heterocycles. The molecule has 4 nitrogen and oxygen atoms in total. The average Bonchev–Trinajstić information content (AvgIpc) is 3.45. The van der Waals surface area contributed by atoms with Crippen LogP contribution in [-0.4, -0.2) is 48.0 Å². The topological polar surface area (TPSA) is 40.6 Å². The van der Waals surface area contributed by atoms with Crippen molar-refractivity contribution in [2.24, 2.45) is 4.99 Å². The zero-order chi connectivity index (χ0) is 19.8. The molecule has 3 atom stereocenters. The fourth-order valence-electron chi connectivity index (χ4n) is 3.53. The Morgan fingerprint density at radius 3 is 3.00 bits per heavy atom. The number of aromatic nitrogens is 1. The second kappa shape index (κ2) is 8.36. The Kier molecular flexibility index (Phi) is 6.04. The van der Waals surface area contributed by atoms with Gasteiger partial charge in [0.2, 0.25) is 0 Å². The highest BCUT2D eigenvalue weighted by molar-refractivity contribution is 8.16. The summed E-state index contributed by atoms with van der Waals surface area (Å²) < 4.78 is 10.5. The molecule has 1 aliphatic heterocycles. The summed E-state index contributed by atoms with van der Waals surface area (Å²) in [4.78, 5) is 9.78. The van der Waals surface area contributed by atoms with E-state index in [0.717, 1.165) is 23.7 Å². The lowest BCUT2D eigenvalue weighted by Gasteiger charge is -2.22. The molecule has 0 aromatic carbocycles. The standard InChI is InChI=1S/C20H25N3OS4/c1-6-14(24-4)16-11-21-20(27-16)13-10-15-18(22-13)19(12(2)26-15)23(3)28(5)17-8-7-9-25-17/h7-10,14,16,22H,5-6,11H2,1-4H3. The number of rotatable bonds is 7. The van der Waals surface area contributed by atoms with Crippen LogP contribution in [-0.2, 0) is 4.74 Å². The second-order valence-electron chi connectivity index (χ2n) is 6.71. The molecule has 28 heavy (non-hydrogen) atoms. The van der Waals surface area contributed by atoms with Crippen molar-refractivity contribution in [3.05, 3.63) is 34.2 Å². The van der Waals surface area contributed by atoms with Gasteiger partial charge in [0.1, 0.15) is 5.04 Å². The molecule has 3 aromatic rings. The summed E-state index contributed by atoms with van der Waals surface area (Å²) in [5.74, 6) is 4.43. The Morgan fingerprint density at radius 1 is 1.50 bits per heavy atom. The predicted molar refractivity (Wildman–Crippen MR) is 130 cm³/mol. The van der Waals surface area contributed by atoms with E-state index in [9.17, 15) is 0 Å². The summed E-state index contributed by atoms with van der Waals surface area (Å²) >= 11 is 5.44. The monoisotopic (exact) mass is 451 g/mol. The smallest absolute Gasteiger partial charge is 0.114 e. The van der Waals surface area contributed by atoms with Crippen LogP contribution in [0.5, 0.6) is 0 Å². The van der Waals surface area contributed by atoms with Crippen LogP contribution in [0.4, 0.5) is 5.69 Å². The van der Waals surface area contributed by atoms with Gasteiger partial charge < -0.3 is 14.0 Å². The Bertz CT molecular complexity index is 1010. The van der Waals surface area contributed by atoms with Crippen LogP contribution in [0.2, 0.25) is 0 Å². The molecule has 0 fully saturated rings. The van der Waals surface area contributed by atoms with Gasteiger partial charge in [-0.3, -0.25) is 4.99 Å². The molecular weight excluding hydrogens is 427 g/mol. The van der Waals surface area contributed by atoms with Crippen molar-refractivity contribution in [3.63, 3.8) is 0 Å². The molecular formula is C20H25N3OS4. The van der Waals surface area contributed by atoms with Gasteiger partial charge in [0.25, 0.3) is 0 Å². The SMILES string of the molecule is C=S(c1cccs1)N(C)c1c(C)sc2cc(C3=NCC(C(CC)OC)S3)[nH]c12. The third-order valence-electron chi connectivity index (χ3n) is 5.02. The molecule has 1 N–H and O–H groups in total. The van der Waals surface area contributed by atoms with Crippen LogP contribution >= 0.6 is 45.1 Å². The second-order valence-corrected chi connectivity index (χ2v) is 12.1. The van der Waals surface area contributed by atoms with Crippen LogP contribution in [0.15, 0.2) is 32.8 Å². The molecule has 8 heteroatoms. The molecule has 3 aromatic heterocycles. The van der Waals surface area contributed by atoms with E-state index in [-0.39, 0.29) is 16.8 Å². The van der Waals surface area contributed by atoms with E-state index in [4.69, 9.17) is 9.73 Å². The number of hydrogen-bond acceptors (Lipinski definition) is 6. The van der Waals surface area contributed by atoms with Crippen LogP contribution in [0, 0.1) is 6.92 Å². The largest absolute Gasteiger partial charge is 0.380 e. The van der Waals surface area contributed by atoms with Crippen LogP contribution in [0.25, 0.3) is 10.2 Å². The maximum atomic E-state index is 5.63. The predicted octanol–water partition coefficient (Wildman–Crippen LogP) is 6.00. The van der Waals surface area contributed by atoms with Gasteiger partial charge in [0, 0.05) is 19.0 Å². The molecule has 0 amide bonds. The van der Waals surface area contributed by atoms with Crippen molar-refractivity contribution in [1.82, 2.24) is 4.98 Å². The molecule has 3 unspecified atom stereocenters. The number of H-pyrrole nitrogens is 1. The summed E-state index contributed by atoms with van der Waals surface area (Å²) in [6.45, 7) is 5.19. The van der Waals surface area contributed by atoms with E-state index in [2.05, 4.69) is 59.6 Å². The maximum Gasteiger partial charge on any atom is 0.114 e. The van der Waals surface area contributed by atoms with Gasteiger partial charge in [-0.15, -0.1) is 22.7 Å². The minimum absolute atomic E-state index is 0.213. The highest BCUT2D eigenvalue weighted by atomic mass is 32.2. The van der Waals surface area contributed by atoms with Gasteiger partial charge in [0.05, 0.1) is 43.7 Å². The Hall–Kier alpha value is -1.06. The van der Waals surface area contributed by atoms with Crippen molar-refractivity contribution in [2.75, 3.05) is 25.0 Å². The first-order valence-corrected chi connectivity index (χ1v) is 13.1. The molecule has 0 spiro atoms. The number of aryl methyl sites for hydroxylation is 1. The Labute approximate surface area is 181 Å². The van der Waals surface area contributed by atoms with E-state index >= 15 is 0 Å². The fraction of sp³-hybridized carbons (Fsp3) is 0.400. The summed E-state index contributed by atoms with van der Waals surface area (Å²) in [7, 11) is 3.73. The van der Waals surface area contributed by atoms with Crippen molar-refractivity contribution in [1.29, 1.82) is 0 Å². The Balaban J connectivity index is 1.62. The van der Waals surface area contributed by atoms with Crippen LogP contribution in [0.1, 0.15) is 23.9 Å². The molecule has 150 valence electrons. The van der Waals surface area contributed by atoms with Crippen molar-refractivity contribution in [3.8, 4) is 0 Å². The van der Waals surface area contributed by atoms with E-state index in [0.29, 0.717) is 5.25 Å². The first-order valence-electron chi connectivity index (χ1n) is 9.21. The lowest BCUT2D eigenvalue weighted by atomic mass is 10.2. The first-order chi connectivity index (χ1) is 13.5. The number of nitrogens with zero attached hydrogens (tertiary/aromatic N) is 2. The van der Waals surface area contributed by atoms with Crippen molar-refractivity contribution < 1.29 is 4.74 Å². The number of aromatic amines is 1. The number of thioether (sulfide) groups is 1. The van der Waals surface area contributed by atoms with Gasteiger partial charge >= 0.3 is 0 Å². The average molecular weight is 452 g/mol. The van der Waals surface area contributed by atoms with Gasteiger partial charge in [-0.05, 0) is 30.9 Å². The maximum absolute atomic E-state index is 5.63. The zero-order valence-corrected chi connectivity index (χ0v) is 19.8. The fourth-order valence-corrected chi connectivity index (χ4v) is 8.31. The number of anilines is 1. The summed E-state index contributed by atoms with van der Waals surface area (Å²) in [6.07, 6.45) is 1.27. The van der Waals surface area contributed by atoms with Crippen LogP contribution < -0.4 is 4.31 Å².